The largest absolute Gasteiger partial charge is 0.465 e. The van der Waals surface area contributed by atoms with E-state index in [-0.39, 0.29) is 25.3 Å². The Hall–Kier alpha value is -2.11. The molecule has 1 aliphatic heterocycles. The minimum atomic E-state index is -4.41. The number of halogens is 5. The highest BCUT2D eigenvalue weighted by atomic mass is 32.2. The summed E-state index contributed by atoms with van der Waals surface area (Å²) in [7, 11) is -3.93. The zero-order chi connectivity index (χ0) is 23.6. The van der Waals surface area contributed by atoms with Crippen molar-refractivity contribution in [1.29, 1.82) is 0 Å². The number of alkyl halides is 4. The Bertz CT molecular complexity index is 1000. The summed E-state index contributed by atoms with van der Waals surface area (Å²) in [6.07, 6.45) is -1.86. The van der Waals surface area contributed by atoms with Crippen LogP contribution >= 0.6 is 0 Å². The molecule has 0 aromatic heterocycles. The van der Waals surface area contributed by atoms with Gasteiger partial charge in [0.2, 0.25) is 0 Å². The van der Waals surface area contributed by atoms with Crippen molar-refractivity contribution in [2.75, 3.05) is 30.8 Å². The maximum absolute atomic E-state index is 14.5. The van der Waals surface area contributed by atoms with Gasteiger partial charge in [-0.25, -0.2) is 17.6 Å². The smallest absolute Gasteiger partial charge is 0.407 e. The molecule has 1 saturated carbocycles. The third kappa shape index (κ3) is 3.52. The zero-order valence-corrected chi connectivity index (χ0v) is 17.9. The van der Waals surface area contributed by atoms with Gasteiger partial charge in [0.25, 0.3) is 0 Å². The van der Waals surface area contributed by atoms with Gasteiger partial charge in [0.1, 0.15) is 10.7 Å². The molecule has 0 bridgehead atoms. The molecule has 1 heterocycles. The summed E-state index contributed by atoms with van der Waals surface area (Å²) in [5.41, 5.74) is -1.69. The van der Waals surface area contributed by atoms with E-state index in [2.05, 4.69) is 0 Å². The number of nitrogens with zero attached hydrogens (tertiary/aromatic N) is 2. The molecule has 1 saturated heterocycles. The summed E-state index contributed by atoms with van der Waals surface area (Å²) in [4.78, 5) is 13.6. The molecule has 1 unspecified atom stereocenters. The molecule has 3 rings (SSSR count). The fourth-order valence-corrected chi connectivity index (χ4v) is 5.45. The van der Waals surface area contributed by atoms with Gasteiger partial charge >= 0.3 is 17.9 Å². The molecule has 1 N–H and O–H groups in total. The second kappa shape index (κ2) is 7.21. The van der Waals surface area contributed by atoms with E-state index in [1.54, 1.807) is 0 Å². The number of sulfone groups is 1. The topological polar surface area (TPSA) is 77.9 Å². The molecule has 2 atom stereocenters. The molecule has 31 heavy (non-hydrogen) atoms. The van der Waals surface area contributed by atoms with Crippen LogP contribution < -0.4 is 4.90 Å². The normalized spacial score (nSPS) is 27.8. The molecule has 1 amide bonds. The second-order valence-corrected chi connectivity index (χ2v) is 10.5. The van der Waals surface area contributed by atoms with E-state index in [4.69, 9.17) is 0 Å². The summed E-state index contributed by atoms with van der Waals surface area (Å²) < 4.78 is 94.1. The maximum atomic E-state index is 14.5. The van der Waals surface area contributed by atoms with Crippen molar-refractivity contribution in [1.82, 2.24) is 4.90 Å². The number of carboxylic acid groups (broad SMARTS) is 1. The molecular weight excluding hydrogens is 447 g/mol. The lowest BCUT2D eigenvalue weighted by atomic mass is 9.59. The molecule has 0 radical (unpaired) electrons. The monoisotopic (exact) mass is 470 g/mol. The van der Waals surface area contributed by atoms with Crippen molar-refractivity contribution in [3.63, 3.8) is 0 Å². The number of hydrogen-bond donors (Lipinski definition) is 1. The third-order valence-electron chi connectivity index (χ3n) is 6.44. The summed E-state index contributed by atoms with van der Waals surface area (Å²) in [6, 6.07) is 3.21. The van der Waals surface area contributed by atoms with Crippen LogP contribution in [0.4, 0.5) is 32.4 Å². The molecule has 6 nitrogen and oxygen atoms in total. The summed E-state index contributed by atoms with van der Waals surface area (Å²) in [5.74, 6) is -12.4. The van der Waals surface area contributed by atoms with Crippen LogP contribution in [0.1, 0.15) is 20.3 Å². The number of benzene rings is 1. The lowest BCUT2D eigenvalue weighted by Crippen LogP contribution is -2.78. The highest BCUT2D eigenvalue weighted by molar-refractivity contribution is 7.90. The minimum absolute atomic E-state index is 0.00963. The molecule has 2 aliphatic rings. The Morgan fingerprint density at radius 1 is 1.19 bits per heavy atom. The summed E-state index contributed by atoms with van der Waals surface area (Å²) >= 11 is 0. The highest BCUT2D eigenvalue weighted by Crippen LogP contribution is 2.62. The first kappa shape index (κ1) is 23.6. The lowest BCUT2D eigenvalue weighted by Gasteiger charge is -2.61. The fourth-order valence-electron chi connectivity index (χ4n) is 4.70. The van der Waals surface area contributed by atoms with Crippen LogP contribution in [0.2, 0.25) is 0 Å². The van der Waals surface area contributed by atoms with Crippen LogP contribution in [0.25, 0.3) is 0 Å². The van der Waals surface area contributed by atoms with Gasteiger partial charge in [-0.3, -0.25) is 4.90 Å². The predicted molar refractivity (Wildman–Crippen MR) is 102 cm³/mol. The summed E-state index contributed by atoms with van der Waals surface area (Å²) in [6.45, 7) is 2.32. The average Bonchev–Trinajstić information content (AvgIpc) is 2.64. The molecule has 174 valence electrons. The van der Waals surface area contributed by atoms with Crippen LogP contribution in [-0.2, 0) is 9.84 Å². The average molecular weight is 470 g/mol. The standard InChI is InChI=1S/C19H23F5N2O4S/c1-11(2)17(15-9-18(21,22)19(15,23)24)10-25(6-7-26(17)16(27)28)12-4-5-13(20)14(8-12)31(3,29)30/h4-5,8,11,15H,6-7,9-10H2,1-3H3,(H,27,28)/t15?,17-/m1/s1. The molecule has 1 aromatic carbocycles. The van der Waals surface area contributed by atoms with Gasteiger partial charge in [-0.1, -0.05) is 13.8 Å². The van der Waals surface area contributed by atoms with E-state index in [0.717, 1.165) is 23.3 Å². The van der Waals surface area contributed by atoms with E-state index in [0.29, 0.717) is 0 Å². The van der Waals surface area contributed by atoms with E-state index in [9.17, 15) is 40.3 Å². The number of carbonyl (C=O) groups is 1. The lowest BCUT2D eigenvalue weighted by molar-refractivity contribution is -0.340. The predicted octanol–water partition coefficient (Wildman–Crippen LogP) is 3.71. The van der Waals surface area contributed by atoms with Crippen LogP contribution in [0.15, 0.2) is 23.1 Å². The van der Waals surface area contributed by atoms with Crippen LogP contribution in [0.3, 0.4) is 0 Å². The molecule has 2 fully saturated rings. The Morgan fingerprint density at radius 3 is 2.26 bits per heavy atom. The van der Waals surface area contributed by atoms with Crippen molar-refractivity contribution >= 4 is 21.6 Å². The van der Waals surface area contributed by atoms with Gasteiger partial charge in [-0.15, -0.1) is 0 Å². The Morgan fingerprint density at radius 2 is 1.81 bits per heavy atom. The van der Waals surface area contributed by atoms with E-state index in [1.165, 1.54) is 24.8 Å². The molecule has 0 spiro atoms. The van der Waals surface area contributed by atoms with E-state index in [1.807, 2.05) is 0 Å². The SMILES string of the molecule is CC(C)[C@@]1(C2CC(F)(F)C2(F)F)CN(c2ccc(F)c(S(C)(=O)=O)c2)CCN1C(=O)O. The fraction of sp³-hybridized carbons (Fsp3) is 0.632. The van der Waals surface area contributed by atoms with Crippen molar-refractivity contribution in [2.45, 2.75) is 42.5 Å². The number of anilines is 1. The maximum Gasteiger partial charge on any atom is 0.407 e. The first-order chi connectivity index (χ1) is 14.1. The zero-order valence-electron chi connectivity index (χ0n) is 17.1. The quantitative estimate of drug-likeness (QED) is 0.679. The number of rotatable bonds is 4. The molecule has 1 aliphatic carbocycles. The molecule has 1 aromatic rings. The van der Waals surface area contributed by atoms with Gasteiger partial charge in [-0.2, -0.15) is 17.6 Å². The second-order valence-electron chi connectivity index (χ2n) is 8.47. The summed E-state index contributed by atoms with van der Waals surface area (Å²) in [5, 5.41) is 9.68. The Kier molecular flexibility index (Phi) is 5.48. The minimum Gasteiger partial charge on any atom is -0.465 e. The first-order valence-electron chi connectivity index (χ1n) is 9.56. The van der Waals surface area contributed by atoms with Crippen molar-refractivity contribution in [3.05, 3.63) is 24.0 Å². The van der Waals surface area contributed by atoms with Gasteiger partial charge in [-0.05, 0) is 24.1 Å². The number of amides is 1. The third-order valence-corrected chi connectivity index (χ3v) is 7.55. The Labute approximate surface area is 176 Å². The van der Waals surface area contributed by atoms with Gasteiger partial charge in [0, 0.05) is 38.0 Å². The highest BCUT2D eigenvalue weighted by Gasteiger charge is 2.78. The first-order valence-corrected chi connectivity index (χ1v) is 11.5. The van der Waals surface area contributed by atoms with E-state index < -0.39 is 62.3 Å². The van der Waals surface area contributed by atoms with Crippen molar-refractivity contribution in [2.24, 2.45) is 11.8 Å². The van der Waals surface area contributed by atoms with E-state index >= 15 is 0 Å². The van der Waals surface area contributed by atoms with Gasteiger partial charge in [0.05, 0.1) is 11.5 Å². The number of piperazine rings is 1. The number of hydrogen-bond acceptors (Lipinski definition) is 4. The Balaban J connectivity index is 2.09. The van der Waals surface area contributed by atoms with Crippen molar-refractivity contribution in [3.8, 4) is 0 Å². The van der Waals surface area contributed by atoms with Gasteiger partial charge in [0.15, 0.2) is 9.84 Å². The molecule has 12 heteroatoms. The van der Waals surface area contributed by atoms with Crippen molar-refractivity contribution < 1.29 is 40.3 Å². The van der Waals surface area contributed by atoms with Crippen LogP contribution in [0, 0.1) is 17.7 Å². The van der Waals surface area contributed by atoms with Crippen LogP contribution in [0.5, 0.6) is 0 Å². The molecular formula is C19H23F5N2O4S. The van der Waals surface area contributed by atoms with Gasteiger partial charge < -0.3 is 10.0 Å². The van der Waals surface area contributed by atoms with Crippen LogP contribution in [-0.4, -0.2) is 67.8 Å².